The minimum atomic E-state index is -3.82. The molecule has 2 saturated carbocycles. The minimum absolute atomic E-state index is 0.0226. The Kier molecular flexibility index (Phi) is 3.93. The lowest BCUT2D eigenvalue weighted by Crippen LogP contribution is -2.27. The fraction of sp³-hybridized carbons (Fsp3) is 0.500. The third-order valence-electron chi connectivity index (χ3n) is 4.55. The topological polar surface area (TPSA) is 63.2 Å². The van der Waals surface area contributed by atoms with E-state index in [2.05, 4.69) is 5.32 Å². The highest BCUT2D eigenvalue weighted by atomic mass is 35.7. The van der Waals surface area contributed by atoms with Crippen molar-refractivity contribution in [1.82, 2.24) is 0 Å². The number of carbonyl (C=O) groups excluding carboxylic acids is 1. The van der Waals surface area contributed by atoms with Gasteiger partial charge in [-0.3, -0.25) is 4.79 Å². The van der Waals surface area contributed by atoms with E-state index in [-0.39, 0.29) is 21.7 Å². The van der Waals surface area contributed by atoms with Crippen LogP contribution in [0.3, 0.4) is 0 Å². The summed E-state index contributed by atoms with van der Waals surface area (Å²) in [5, 5.41) is 2.98. The van der Waals surface area contributed by atoms with E-state index in [0.29, 0.717) is 17.5 Å². The number of benzene rings is 1. The molecule has 2 aliphatic rings. The maximum atomic E-state index is 12.3. The summed E-state index contributed by atoms with van der Waals surface area (Å²) < 4.78 is 22.5. The average molecular weight is 348 g/mol. The highest BCUT2D eigenvalue weighted by Gasteiger charge is 2.43. The van der Waals surface area contributed by atoms with Crippen LogP contribution in [0, 0.1) is 17.8 Å². The lowest BCUT2D eigenvalue weighted by atomic mass is 9.88. The van der Waals surface area contributed by atoms with E-state index in [0.717, 1.165) is 19.3 Å². The lowest BCUT2D eigenvalue weighted by Gasteiger charge is -2.21. The van der Waals surface area contributed by atoms with E-state index in [1.165, 1.54) is 24.6 Å². The summed E-state index contributed by atoms with van der Waals surface area (Å²) in [6.07, 6.45) is 4.45. The van der Waals surface area contributed by atoms with E-state index < -0.39 is 9.05 Å². The number of rotatable bonds is 3. The molecule has 0 radical (unpaired) electrons. The second-order valence-corrected chi connectivity index (χ2v) is 8.82. The maximum Gasteiger partial charge on any atom is 0.261 e. The van der Waals surface area contributed by atoms with Crippen LogP contribution >= 0.6 is 22.3 Å². The number of nitrogens with one attached hydrogen (secondary N) is 1. The van der Waals surface area contributed by atoms with Crippen molar-refractivity contribution >= 4 is 42.9 Å². The third kappa shape index (κ3) is 3.05. The zero-order chi connectivity index (χ0) is 15.2. The molecular formula is C14H15Cl2NO3S. The molecule has 7 heteroatoms. The zero-order valence-electron chi connectivity index (χ0n) is 11.2. The van der Waals surface area contributed by atoms with E-state index in [9.17, 15) is 13.2 Å². The average Bonchev–Trinajstić information content (AvgIpc) is 3.02. The standard InChI is InChI=1S/C14H15Cl2NO3S/c15-12-7-10(21(16,19)20)3-4-13(12)17-14(18)11-6-8-1-2-9(11)5-8/h3-4,7-9,11H,1-2,5-6H2,(H,17,18). The summed E-state index contributed by atoms with van der Waals surface area (Å²) in [6.45, 7) is 0. The Labute approximate surface area is 133 Å². The molecule has 0 aromatic heterocycles. The Hall–Kier alpha value is -0.780. The molecule has 3 unspecified atom stereocenters. The molecule has 1 aromatic carbocycles. The van der Waals surface area contributed by atoms with E-state index in [1.54, 1.807) is 0 Å². The predicted octanol–water partition coefficient (Wildman–Crippen LogP) is 3.64. The molecular weight excluding hydrogens is 333 g/mol. The second-order valence-electron chi connectivity index (χ2n) is 5.85. The molecule has 0 aliphatic heterocycles. The van der Waals surface area contributed by atoms with Crippen LogP contribution in [0.4, 0.5) is 5.69 Å². The van der Waals surface area contributed by atoms with Crippen LogP contribution < -0.4 is 5.32 Å². The summed E-state index contributed by atoms with van der Waals surface area (Å²) in [7, 11) is 1.44. The number of halogens is 2. The van der Waals surface area contributed by atoms with Gasteiger partial charge in [-0.05, 0) is 49.3 Å². The van der Waals surface area contributed by atoms with Gasteiger partial charge in [-0.2, -0.15) is 0 Å². The highest BCUT2D eigenvalue weighted by molar-refractivity contribution is 8.13. The van der Waals surface area contributed by atoms with Gasteiger partial charge in [0.05, 0.1) is 15.6 Å². The van der Waals surface area contributed by atoms with Crippen LogP contribution in [-0.2, 0) is 13.8 Å². The summed E-state index contributed by atoms with van der Waals surface area (Å²) in [5.41, 5.74) is 0.425. The van der Waals surface area contributed by atoms with Gasteiger partial charge >= 0.3 is 0 Å². The van der Waals surface area contributed by atoms with Gasteiger partial charge in [-0.1, -0.05) is 18.0 Å². The fourth-order valence-electron chi connectivity index (χ4n) is 3.54. The first-order chi connectivity index (χ1) is 9.84. The van der Waals surface area contributed by atoms with Gasteiger partial charge in [-0.15, -0.1) is 0 Å². The fourth-order valence-corrected chi connectivity index (χ4v) is 4.61. The predicted molar refractivity (Wildman–Crippen MR) is 82.1 cm³/mol. The van der Waals surface area contributed by atoms with Crippen molar-refractivity contribution in [3.63, 3.8) is 0 Å². The van der Waals surface area contributed by atoms with E-state index in [1.807, 2.05) is 0 Å². The van der Waals surface area contributed by atoms with Gasteiger partial charge in [0.2, 0.25) is 5.91 Å². The first-order valence-electron chi connectivity index (χ1n) is 6.89. The molecule has 2 aliphatic carbocycles. The van der Waals surface area contributed by atoms with Crippen LogP contribution in [0.1, 0.15) is 25.7 Å². The van der Waals surface area contributed by atoms with Crippen molar-refractivity contribution in [2.24, 2.45) is 17.8 Å². The maximum absolute atomic E-state index is 12.3. The lowest BCUT2D eigenvalue weighted by molar-refractivity contribution is -0.121. The Morgan fingerprint density at radius 1 is 1.24 bits per heavy atom. The van der Waals surface area contributed by atoms with Crippen LogP contribution in [0.2, 0.25) is 5.02 Å². The molecule has 2 bridgehead atoms. The van der Waals surface area contributed by atoms with Crippen molar-refractivity contribution in [2.45, 2.75) is 30.6 Å². The Morgan fingerprint density at radius 3 is 2.52 bits per heavy atom. The third-order valence-corrected chi connectivity index (χ3v) is 6.22. The first-order valence-corrected chi connectivity index (χ1v) is 9.58. The van der Waals surface area contributed by atoms with E-state index in [4.69, 9.17) is 22.3 Å². The first kappa shape index (κ1) is 15.1. The molecule has 1 N–H and O–H groups in total. The summed E-state index contributed by atoms with van der Waals surface area (Å²) in [4.78, 5) is 12.2. The molecule has 2 fully saturated rings. The van der Waals surface area contributed by atoms with E-state index >= 15 is 0 Å². The Bertz CT molecular complexity index is 689. The number of carbonyl (C=O) groups is 1. The van der Waals surface area contributed by atoms with Crippen LogP contribution in [-0.4, -0.2) is 14.3 Å². The number of anilines is 1. The minimum Gasteiger partial charge on any atom is -0.325 e. The molecule has 3 atom stereocenters. The number of hydrogen-bond acceptors (Lipinski definition) is 3. The van der Waals surface area contributed by atoms with Crippen LogP contribution in [0.25, 0.3) is 0 Å². The van der Waals surface area contributed by atoms with Crippen molar-refractivity contribution in [2.75, 3.05) is 5.32 Å². The quantitative estimate of drug-likeness (QED) is 0.849. The molecule has 4 nitrogen and oxygen atoms in total. The molecule has 1 aromatic rings. The van der Waals surface area contributed by atoms with Crippen molar-refractivity contribution < 1.29 is 13.2 Å². The van der Waals surface area contributed by atoms with Crippen LogP contribution in [0.15, 0.2) is 23.1 Å². The second kappa shape index (κ2) is 5.45. The van der Waals surface area contributed by atoms with Crippen molar-refractivity contribution in [1.29, 1.82) is 0 Å². The summed E-state index contributed by atoms with van der Waals surface area (Å²) in [5.74, 6) is 1.20. The molecule has 0 saturated heterocycles. The number of amides is 1. The number of fused-ring (bicyclic) bond motifs is 2. The van der Waals surface area contributed by atoms with Gasteiger partial charge in [0.1, 0.15) is 0 Å². The zero-order valence-corrected chi connectivity index (χ0v) is 13.5. The summed E-state index contributed by atoms with van der Waals surface area (Å²) >= 11 is 6.03. The van der Waals surface area contributed by atoms with Gasteiger partial charge in [0, 0.05) is 16.6 Å². The molecule has 3 rings (SSSR count). The number of hydrogen-bond donors (Lipinski definition) is 1. The molecule has 0 spiro atoms. The molecule has 0 heterocycles. The monoisotopic (exact) mass is 347 g/mol. The van der Waals surface area contributed by atoms with Crippen molar-refractivity contribution in [3.05, 3.63) is 23.2 Å². The normalized spacial score (nSPS) is 27.8. The molecule has 21 heavy (non-hydrogen) atoms. The van der Waals surface area contributed by atoms with Gasteiger partial charge < -0.3 is 5.32 Å². The molecule has 114 valence electrons. The Morgan fingerprint density at radius 2 is 2.00 bits per heavy atom. The highest BCUT2D eigenvalue weighted by Crippen LogP contribution is 2.48. The molecule has 1 amide bonds. The van der Waals surface area contributed by atoms with Gasteiger partial charge in [0.15, 0.2) is 0 Å². The van der Waals surface area contributed by atoms with Crippen LogP contribution in [0.5, 0.6) is 0 Å². The van der Waals surface area contributed by atoms with Crippen molar-refractivity contribution in [3.8, 4) is 0 Å². The Balaban J connectivity index is 1.75. The van der Waals surface area contributed by atoms with Gasteiger partial charge in [-0.25, -0.2) is 8.42 Å². The van der Waals surface area contributed by atoms with Gasteiger partial charge in [0.25, 0.3) is 9.05 Å². The smallest absolute Gasteiger partial charge is 0.261 e. The summed E-state index contributed by atoms with van der Waals surface area (Å²) in [6, 6.07) is 4.06. The largest absolute Gasteiger partial charge is 0.325 e. The SMILES string of the molecule is O=C(Nc1ccc(S(=O)(=O)Cl)cc1Cl)C1CC2CCC1C2.